The van der Waals surface area contributed by atoms with Crippen molar-refractivity contribution in [1.29, 1.82) is 0 Å². The van der Waals surface area contributed by atoms with Gasteiger partial charge in [-0.3, -0.25) is 0 Å². The highest BCUT2D eigenvalue weighted by Crippen LogP contribution is 2.33. The fourth-order valence-electron chi connectivity index (χ4n) is 3.28. The van der Waals surface area contributed by atoms with Gasteiger partial charge < -0.3 is 35.0 Å². The predicted molar refractivity (Wildman–Crippen MR) is 102 cm³/mol. The lowest BCUT2D eigenvalue weighted by atomic mass is 9.78. The summed E-state index contributed by atoms with van der Waals surface area (Å²) in [5, 5.41) is 48.2. The maximum absolute atomic E-state index is 11.2. The molecule has 0 radical (unpaired) electrons. The lowest BCUT2D eigenvalue weighted by molar-refractivity contribution is -0.271. The van der Waals surface area contributed by atoms with E-state index in [1.807, 2.05) is 38.1 Å². The molecular formula is C21H24O8. The summed E-state index contributed by atoms with van der Waals surface area (Å²) in [5.74, 6) is -0.985. The summed E-state index contributed by atoms with van der Waals surface area (Å²) in [6, 6.07) is 13.8. The molecular weight excluding hydrogens is 380 g/mol. The normalized spacial score (nSPS) is 27.4. The van der Waals surface area contributed by atoms with Crippen LogP contribution in [0.1, 0.15) is 25.0 Å². The van der Waals surface area contributed by atoms with Gasteiger partial charge in [0.15, 0.2) is 6.10 Å². The number of carboxylic acid groups (broad SMARTS) is 1. The molecule has 1 saturated heterocycles. The maximum atomic E-state index is 11.2. The van der Waals surface area contributed by atoms with E-state index in [9.17, 15) is 25.2 Å². The minimum Gasteiger partial charge on any atom is -0.508 e. The van der Waals surface area contributed by atoms with Crippen molar-refractivity contribution in [3.8, 4) is 11.5 Å². The first-order chi connectivity index (χ1) is 13.6. The third kappa shape index (κ3) is 4.20. The smallest absolute Gasteiger partial charge is 0.335 e. The number of ether oxygens (including phenoxy) is 2. The molecule has 29 heavy (non-hydrogen) atoms. The van der Waals surface area contributed by atoms with E-state index >= 15 is 0 Å². The number of phenolic OH excluding ortho intramolecular Hbond substituents is 1. The SMILES string of the molecule is CC(C)(c1ccc(O)cc1)c1ccc(OC2O[C@H](C(=O)O)[C@@H](O)[C@H](O)[C@H]2O)cc1. The Bertz CT molecular complexity index is 846. The van der Waals surface area contributed by atoms with E-state index in [1.54, 1.807) is 24.3 Å². The largest absolute Gasteiger partial charge is 0.508 e. The number of hydrogen-bond donors (Lipinski definition) is 5. The number of aliphatic hydroxyl groups is 3. The topological polar surface area (TPSA) is 137 Å². The van der Waals surface area contributed by atoms with E-state index in [0.29, 0.717) is 5.75 Å². The number of aromatic hydroxyl groups is 1. The molecule has 156 valence electrons. The van der Waals surface area contributed by atoms with Gasteiger partial charge >= 0.3 is 5.97 Å². The average molecular weight is 404 g/mol. The highest BCUT2D eigenvalue weighted by molar-refractivity contribution is 5.73. The fraction of sp³-hybridized carbons (Fsp3) is 0.381. The Balaban J connectivity index is 1.76. The third-order valence-corrected chi connectivity index (χ3v) is 5.23. The zero-order chi connectivity index (χ0) is 21.3. The Labute approximate surface area is 167 Å². The van der Waals surface area contributed by atoms with Gasteiger partial charge in [0, 0.05) is 5.41 Å². The zero-order valence-corrected chi connectivity index (χ0v) is 16.0. The van der Waals surface area contributed by atoms with Gasteiger partial charge in [0.05, 0.1) is 0 Å². The summed E-state index contributed by atoms with van der Waals surface area (Å²) < 4.78 is 10.6. The number of rotatable bonds is 5. The van der Waals surface area contributed by atoms with Crippen LogP contribution in [0.3, 0.4) is 0 Å². The molecule has 0 aliphatic carbocycles. The van der Waals surface area contributed by atoms with E-state index in [4.69, 9.17) is 14.6 Å². The molecule has 0 amide bonds. The van der Waals surface area contributed by atoms with Crippen molar-refractivity contribution in [3.63, 3.8) is 0 Å². The fourth-order valence-corrected chi connectivity index (χ4v) is 3.28. The van der Waals surface area contributed by atoms with Crippen molar-refractivity contribution in [2.75, 3.05) is 0 Å². The maximum Gasteiger partial charge on any atom is 0.335 e. The van der Waals surface area contributed by atoms with Gasteiger partial charge in [-0.2, -0.15) is 0 Å². The Kier molecular flexibility index (Phi) is 5.81. The molecule has 1 unspecified atom stereocenters. The molecule has 8 heteroatoms. The van der Waals surface area contributed by atoms with Crippen molar-refractivity contribution in [3.05, 3.63) is 59.7 Å². The summed E-state index contributed by atoms with van der Waals surface area (Å²) >= 11 is 0. The van der Waals surface area contributed by atoms with E-state index in [-0.39, 0.29) is 11.2 Å². The van der Waals surface area contributed by atoms with E-state index in [2.05, 4.69) is 0 Å². The van der Waals surface area contributed by atoms with Crippen LogP contribution in [0.4, 0.5) is 0 Å². The van der Waals surface area contributed by atoms with Gasteiger partial charge in [-0.25, -0.2) is 4.79 Å². The van der Waals surface area contributed by atoms with Crippen LogP contribution in [0.25, 0.3) is 0 Å². The van der Waals surface area contributed by atoms with Gasteiger partial charge in [-0.05, 0) is 35.4 Å². The molecule has 0 aromatic heterocycles. The van der Waals surface area contributed by atoms with E-state index in [0.717, 1.165) is 11.1 Å². The summed E-state index contributed by atoms with van der Waals surface area (Å²) in [6.45, 7) is 4.05. The van der Waals surface area contributed by atoms with Crippen LogP contribution >= 0.6 is 0 Å². The van der Waals surface area contributed by atoms with Crippen LogP contribution in [-0.2, 0) is 14.9 Å². The molecule has 0 spiro atoms. The van der Waals surface area contributed by atoms with Gasteiger partial charge in [-0.15, -0.1) is 0 Å². The summed E-state index contributed by atoms with van der Waals surface area (Å²) in [4.78, 5) is 11.2. The number of carboxylic acids is 1. The highest BCUT2D eigenvalue weighted by atomic mass is 16.7. The quantitative estimate of drug-likeness (QED) is 0.498. The van der Waals surface area contributed by atoms with Crippen LogP contribution in [-0.4, -0.2) is 62.2 Å². The monoisotopic (exact) mass is 404 g/mol. The Morgan fingerprint density at radius 3 is 1.93 bits per heavy atom. The van der Waals surface area contributed by atoms with E-state index in [1.165, 1.54) is 0 Å². The molecule has 2 aromatic carbocycles. The summed E-state index contributed by atoms with van der Waals surface area (Å²) in [7, 11) is 0. The van der Waals surface area contributed by atoms with Crippen LogP contribution in [0.15, 0.2) is 48.5 Å². The number of aliphatic carboxylic acids is 1. The standard InChI is InChI=1S/C21H24O8/c1-21(2,11-3-7-13(22)8-4-11)12-5-9-14(10-6-12)28-20-17(25)15(23)16(24)18(29-20)19(26)27/h3-10,15-18,20,22-25H,1-2H3,(H,26,27)/t15-,16-,17+,18-,20?/m0/s1. The molecule has 1 aliphatic rings. The average Bonchev–Trinajstić information content (AvgIpc) is 2.69. The van der Waals surface area contributed by atoms with Crippen molar-refractivity contribution < 1.29 is 39.8 Å². The second-order valence-electron chi connectivity index (χ2n) is 7.55. The van der Waals surface area contributed by atoms with Gasteiger partial charge in [0.2, 0.25) is 6.29 Å². The molecule has 8 nitrogen and oxygen atoms in total. The molecule has 5 atom stereocenters. The van der Waals surface area contributed by atoms with Crippen molar-refractivity contribution in [2.24, 2.45) is 0 Å². The molecule has 0 bridgehead atoms. The lowest BCUT2D eigenvalue weighted by Crippen LogP contribution is -2.61. The third-order valence-electron chi connectivity index (χ3n) is 5.23. The lowest BCUT2D eigenvalue weighted by Gasteiger charge is -2.38. The molecule has 5 N–H and O–H groups in total. The molecule has 2 aromatic rings. The number of hydrogen-bond acceptors (Lipinski definition) is 7. The van der Waals surface area contributed by atoms with Crippen LogP contribution < -0.4 is 4.74 Å². The van der Waals surface area contributed by atoms with Crippen molar-refractivity contribution in [1.82, 2.24) is 0 Å². The van der Waals surface area contributed by atoms with Crippen LogP contribution in [0, 0.1) is 0 Å². The number of carbonyl (C=O) groups is 1. The second-order valence-corrected chi connectivity index (χ2v) is 7.55. The first kappa shape index (κ1) is 21.1. The van der Waals surface area contributed by atoms with Gasteiger partial charge in [0.1, 0.15) is 29.8 Å². The minimum atomic E-state index is -1.77. The van der Waals surface area contributed by atoms with E-state index < -0.39 is 36.7 Å². The summed E-state index contributed by atoms with van der Waals surface area (Å²) in [5.41, 5.74) is 1.60. The Morgan fingerprint density at radius 1 is 0.897 bits per heavy atom. The first-order valence-electron chi connectivity index (χ1n) is 9.10. The molecule has 1 aliphatic heterocycles. The van der Waals surface area contributed by atoms with Gasteiger partial charge in [-0.1, -0.05) is 38.1 Å². The minimum absolute atomic E-state index is 0.186. The van der Waals surface area contributed by atoms with Gasteiger partial charge in [0.25, 0.3) is 0 Å². The second kappa shape index (κ2) is 8.00. The predicted octanol–water partition coefficient (Wildman–Crippen LogP) is 0.989. The number of benzene rings is 2. The first-order valence-corrected chi connectivity index (χ1v) is 9.10. The summed E-state index contributed by atoms with van der Waals surface area (Å²) in [6.07, 6.45) is -8.27. The highest BCUT2D eigenvalue weighted by Gasteiger charge is 2.48. The molecule has 0 saturated carbocycles. The zero-order valence-electron chi connectivity index (χ0n) is 16.0. The molecule has 3 rings (SSSR count). The molecule has 1 heterocycles. The van der Waals surface area contributed by atoms with Crippen molar-refractivity contribution >= 4 is 5.97 Å². The van der Waals surface area contributed by atoms with Crippen molar-refractivity contribution in [2.45, 2.75) is 50.0 Å². The number of aliphatic hydroxyl groups excluding tert-OH is 3. The van der Waals surface area contributed by atoms with Crippen LogP contribution in [0.2, 0.25) is 0 Å². The van der Waals surface area contributed by atoms with Crippen LogP contribution in [0.5, 0.6) is 11.5 Å². The number of phenols is 1. The molecule has 1 fully saturated rings. The Hall–Kier alpha value is -2.65. The Morgan fingerprint density at radius 2 is 1.41 bits per heavy atom.